The summed E-state index contributed by atoms with van der Waals surface area (Å²) in [6.45, 7) is 2.27. The number of amides is 2. The smallest absolute Gasteiger partial charge is 0.351 e. The second-order valence-corrected chi connectivity index (χ2v) is 8.28. The number of hydrogen-bond acceptors (Lipinski definition) is 4. The van der Waals surface area contributed by atoms with Gasteiger partial charge in [-0.15, -0.1) is 0 Å². The van der Waals surface area contributed by atoms with E-state index in [0.29, 0.717) is 44.8 Å². The molecule has 0 radical (unpaired) electrons. The van der Waals surface area contributed by atoms with Crippen LogP contribution in [0.15, 0.2) is 48.5 Å². The van der Waals surface area contributed by atoms with Gasteiger partial charge >= 0.3 is 6.18 Å². The molecule has 2 aliphatic heterocycles. The molecule has 176 valence electrons. The number of nitrogens with one attached hydrogen (secondary N) is 2. The number of piperidine rings is 1. The largest absolute Gasteiger partial charge is 0.416 e. The molecule has 2 N–H and O–H groups in total. The van der Waals surface area contributed by atoms with Gasteiger partial charge in [0.25, 0.3) is 5.91 Å². The summed E-state index contributed by atoms with van der Waals surface area (Å²) >= 11 is 0. The fourth-order valence-electron chi connectivity index (χ4n) is 4.48. The maximum absolute atomic E-state index is 13.7. The zero-order valence-electron chi connectivity index (χ0n) is 17.8. The van der Waals surface area contributed by atoms with Crippen molar-refractivity contribution in [1.29, 1.82) is 0 Å². The normalized spacial score (nSPS) is 18.4. The van der Waals surface area contributed by atoms with E-state index in [1.165, 1.54) is 24.3 Å². The third-order valence-electron chi connectivity index (χ3n) is 6.31. The van der Waals surface area contributed by atoms with E-state index in [1.54, 1.807) is 12.1 Å². The van der Waals surface area contributed by atoms with Crippen LogP contribution in [0.3, 0.4) is 0 Å². The summed E-state index contributed by atoms with van der Waals surface area (Å²) in [6.07, 6.45) is -3.43. The van der Waals surface area contributed by atoms with E-state index >= 15 is 0 Å². The number of carbonyl (C=O) groups excluding carboxylic acids is 2. The quantitative estimate of drug-likeness (QED) is 0.668. The van der Waals surface area contributed by atoms with E-state index in [2.05, 4.69) is 15.5 Å². The lowest BCUT2D eigenvalue weighted by atomic mass is 9.85. The number of rotatable bonds is 5. The molecule has 1 spiro atoms. The molecule has 0 saturated carbocycles. The first-order valence-electron chi connectivity index (χ1n) is 10.7. The minimum Gasteiger partial charge on any atom is -0.351 e. The van der Waals surface area contributed by atoms with Gasteiger partial charge in [0.2, 0.25) is 5.91 Å². The molecule has 6 nitrogen and oxygen atoms in total. The molecule has 2 heterocycles. The Hall–Kier alpha value is -3.14. The van der Waals surface area contributed by atoms with E-state index in [4.69, 9.17) is 0 Å². The Morgan fingerprint density at radius 2 is 1.82 bits per heavy atom. The van der Waals surface area contributed by atoms with E-state index < -0.39 is 23.2 Å². The van der Waals surface area contributed by atoms with Crippen molar-refractivity contribution in [3.8, 4) is 0 Å². The molecule has 4 rings (SSSR count). The van der Waals surface area contributed by atoms with Gasteiger partial charge in [0, 0.05) is 37.4 Å². The van der Waals surface area contributed by atoms with Crippen molar-refractivity contribution in [2.24, 2.45) is 0 Å². The first-order valence-corrected chi connectivity index (χ1v) is 10.7. The minimum absolute atomic E-state index is 0.0456. The van der Waals surface area contributed by atoms with E-state index in [-0.39, 0.29) is 23.8 Å². The zero-order chi connectivity index (χ0) is 23.6. The Kier molecular flexibility index (Phi) is 6.29. The molecular formula is C23H24F4N4O2. The Labute approximate surface area is 188 Å². The predicted molar refractivity (Wildman–Crippen MR) is 114 cm³/mol. The lowest BCUT2D eigenvalue weighted by Crippen LogP contribution is -2.57. The van der Waals surface area contributed by atoms with Gasteiger partial charge in [-0.1, -0.05) is 12.1 Å². The predicted octanol–water partition coefficient (Wildman–Crippen LogP) is 3.00. The molecule has 2 aromatic carbocycles. The molecular weight excluding hydrogens is 440 g/mol. The molecule has 0 atom stereocenters. The minimum atomic E-state index is -4.51. The number of carbonyl (C=O) groups is 2. The first-order chi connectivity index (χ1) is 15.7. The van der Waals surface area contributed by atoms with Crippen LogP contribution in [0.2, 0.25) is 0 Å². The van der Waals surface area contributed by atoms with Crippen LogP contribution in [-0.2, 0) is 11.0 Å². The van der Waals surface area contributed by atoms with Gasteiger partial charge in [-0.25, -0.2) is 4.39 Å². The molecule has 10 heteroatoms. The average molecular weight is 464 g/mol. The standard InChI is InChI=1S/C23H24F4N4O2/c24-18-5-2-6-19(14-18)31-15-29-21(33)22(31)7-10-30(11-8-22)12-9-28-20(32)16-3-1-4-17(13-16)23(25,26)27/h1-6,13-14H,7-12,15H2,(H,28,32)(H,29,33). The van der Waals surface area contributed by atoms with E-state index in [9.17, 15) is 27.2 Å². The summed E-state index contributed by atoms with van der Waals surface area (Å²) in [5, 5.41) is 5.52. The summed E-state index contributed by atoms with van der Waals surface area (Å²) in [7, 11) is 0. The zero-order valence-corrected chi connectivity index (χ0v) is 17.8. The number of nitrogens with zero attached hydrogens (tertiary/aromatic N) is 2. The van der Waals surface area contributed by atoms with Crippen molar-refractivity contribution < 1.29 is 27.2 Å². The van der Waals surface area contributed by atoms with Crippen molar-refractivity contribution >= 4 is 17.5 Å². The number of halogens is 4. The van der Waals surface area contributed by atoms with Gasteiger partial charge in [-0.2, -0.15) is 13.2 Å². The van der Waals surface area contributed by atoms with Crippen molar-refractivity contribution in [3.63, 3.8) is 0 Å². The Morgan fingerprint density at radius 3 is 2.52 bits per heavy atom. The molecule has 2 saturated heterocycles. The van der Waals surface area contributed by atoms with Gasteiger partial charge < -0.3 is 20.4 Å². The summed E-state index contributed by atoms with van der Waals surface area (Å²) in [5.41, 5.74) is -1.01. The third-order valence-corrected chi connectivity index (χ3v) is 6.31. The molecule has 2 aromatic rings. The molecule has 2 amide bonds. The second-order valence-electron chi connectivity index (χ2n) is 8.28. The number of anilines is 1. The molecule has 0 aliphatic carbocycles. The number of likely N-dealkylation sites (tertiary alicyclic amines) is 1. The molecule has 0 bridgehead atoms. The van der Waals surface area contributed by atoms with Gasteiger partial charge in [-0.05, 0) is 49.2 Å². The lowest BCUT2D eigenvalue weighted by molar-refractivity contribution is -0.137. The molecule has 0 unspecified atom stereocenters. The maximum Gasteiger partial charge on any atom is 0.416 e. The summed E-state index contributed by atoms with van der Waals surface area (Å²) in [4.78, 5) is 28.9. The molecule has 2 fully saturated rings. The van der Waals surface area contributed by atoms with Crippen LogP contribution in [-0.4, -0.2) is 55.1 Å². The number of benzene rings is 2. The summed E-state index contributed by atoms with van der Waals surface area (Å²) < 4.78 is 52.3. The summed E-state index contributed by atoms with van der Waals surface area (Å²) in [6, 6.07) is 10.5. The number of hydrogen-bond donors (Lipinski definition) is 2. The van der Waals surface area contributed by atoms with Crippen molar-refractivity contribution in [3.05, 3.63) is 65.5 Å². The highest BCUT2D eigenvalue weighted by Crippen LogP contribution is 2.36. The summed E-state index contributed by atoms with van der Waals surface area (Å²) in [5.74, 6) is -1.01. The van der Waals surface area contributed by atoms with E-state index in [1.807, 2.05) is 4.90 Å². The fraction of sp³-hybridized carbons (Fsp3) is 0.391. The highest BCUT2D eigenvalue weighted by Gasteiger charge is 2.50. The van der Waals surface area contributed by atoms with E-state index in [0.717, 1.165) is 12.1 Å². The lowest BCUT2D eigenvalue weighted by Gasteiger charge is -2.43. The second kappa shape index (κ2) is 9.01. The SMILES string of the molecule is O=C(NCCN1CCC2(CC1)C(=O)NCN2c1cccc(F)c1)c1cccc(C(F)(F)F)c1. The van der Waals surface area contributed by atoms with Crippen LogP contribution in [0.4, 0.5) is 23.2 Å². The fourth-order valence-corrected chi connectivity index (χ4v) is 4.48. The maximum atomic E-state index is 13.7. The topological polar surface area (TPSA) is 64.7 Å². The Morgan fingerprint density at radius 1 is 1.09 bits per heavy atom. The van der Waals surface area contributed by atoms with Gasteiger partial charge in [0.15, 0.2) is 0 Å². The highest BCUT2D eigenvalue weighted by atomic mass is 19.4. The first kappa shape index (κ1) is 23.0. The van der Waals surface area contributed by atoms with Crippen LogP contribution in [0, 0.1) is 5.82 Å². The van der Waals surface area contributed by atoms with Crippen molar-refractivity contribution in [1.82, 2.24) is 15.5 Å². The van der Waals surface area contributed by atoms with Gasteiger partial charge in [0.05, 0.1) is 12.2 Å². The van der Waals surface area contributed by atoms with Gasteiger partial charge in [0.1, 0.15) is 11.4 Å². The molecule has 33 heavy (non-hydrogen) atoms. The third kappa shape index (κ3) is 4.80. The molecule has 0 aromatic heterocycles. The molecule has 2 aliphatic rings. The van der Waals surface area contributed by atoms with Crippen LogP contribution in [0.5, 0.6) is 0 Å². The Bertz CT molecular complexity index is 1040. The van der Waals surface area contributed by atoms with Crippen LogP contribution < -0.4 is 15.5 Å². The van der Waals surface area contributed by atoms with Crippen LogP contribution in [0.1, 0.15) is 28.8 Å². The van der Waals surface area contributed by atoms with Gasteiger partial charge in [-0.3, -0.25) is 9.59 Å². The number of alkyl halides is 3. The highest BCUT2D eigenvalue weighted by molar-refractivity contribution is 5.94. The van der Waals surface area contributed by atoms with Crippen LogP contribution in [0.25, 0.3) is 0 Å². The average Bonchev–Trinajstić information content (AvgIpc) is 3.10. The van der Waals surface area contributed by atoms with Crippen molar-refractivity contribution in [2.75, 3.05) is 37.7 Å². The van der Waals surface area contributed by atoms with Crippen molar-refractivity contribution in [2.45, 2.75) is 24.6 Å². The monoisotopic (exact) mass is 464 g/mol. The Balaban J connectivity index is 1.31. The van der Waals surface area contributed by atoms with Crippen LogP contribution >= 0.6 is 0 Å².